The van der Waals surface area contributed by atoms with Crippen molar-refractivity contribution >= 4 is 44.2 Å². The fourth-order valence-electron chi connectivity index (χ4n) is 3.06. The van der Waals surface area contributed by atoms with Crippen molar-refractivity contribution < 1.29 is 9.59 Å². The number of amides is 2. The molecule has 0 bridgehead atoms. The maximum absolute atomic E-state index is 12.6. The molecule has 5 nitrogen and oxygen atoms in total. The van der Waals surface area contributed by atoms with Crippen LogP contribution in [0.2, 0.25) is 0 Å². The molecule has 1 fully saturated rings. The van der Waals surface area contributed by atoms with Gasteiger partial charge in [0.25, 0.3) is 5.91 Å². The van der Waals surface area contributed by atoms with Crippen LogP contribution < -0.4 is 10.6 Å². The maximum atomic E-state index is 12.6. The van der Waals surface area contributed by atoms with Gasteiger partial charge in [0.1, 0.15) is 0 Å². The predicted molar refractivity (Wildman–Crippen MR) is 109 cm³/mol. The first-order valence-electron chi connectivity index (χ1n) is 9.09. The van der Waals surface area contributed by atoms with Crippen LogP contribution in [0.25, 0.3) is 10.2 Å². The van der Waals surface area contributed by atoms with Crippen molar-refractivity contribution in [3.05, 3.63) is 53.1 Å². The lowest BCUT2D eigenvalue weighted by atomic mass is 9.85. The molecule has 1 aliphatic carbocycles. The third-order valence-corrected chi connectivity index (χ3v) is 5.93. The lowest BCUT2D eigenvalue weighted by Gasteiger charge is -2.23. The number of rotatable bonds is 4. The number of nitrogens with zero attached hydrogens (tertiary/aromatic N) is 1. The first-order chi connectivity index (χ1) is 13.0. The summed E-state index contributed by atoms with van der Waals surface area (Å²) in [7, 11) is 0. The quantitative estimate of drug-likeness (QED) is 0.677. The number of benzene rings is 2. The molecule has 6 heteroatoms. The highest BCUT2D eigenvalue weighted by Gasteiger charge is 2.25. The molecule has 2 amide bonds. The summed E-state index contributed by atoms with van der Waals surface area (Å²) in [5.74, 6) is 0.0168. The Balaban J connectivity index is 1.53. The fraction of sp³-hybridized carbons (Fsp3) is 0.286. The molecule has 0 radical (unpaired) electrons. The number of thiazole rings is 1. The summed E-state index contributed by atoms with van der Waals surface area (Å²) in [6.45, 7) is 3.97. The van der Waals surface area contributed by atoms with Gasteiger partial charge >= 0.3 is 0 Å². The molecule has 1 aliphatic rings. The molecule has 138 valence electrons. The Kier molecular flexibility index (Phi) is 4.66. The zero-order valence-corrected chi connectivity index (χ0v) is 16.2. The van der Waals surface area contributed by atoms with Crippen molar-refractivity contribution in [2.75, 3.05) is 10.6 Å². The Morgan fingerprint density at radius 3 is 2.63 bits per heavy atom. The zero-order valence-electron chi connectivity index (χ0n) is 15.3. The normalized spacial score (nSPS) is 14.0. The van der Waals surface area contributed by atoms with E-state index < -0.39 is 0 Å². The highest BCUT2D eigenvalue weighted by molar-refractivity contribution is 7.22. The third-order valence-electron chi connectivity index (χ3n) is 5.00. The number of hydrogen-bond donors (Lipinski definition) is 2. The Labute approximate surface area is 161 Å². The number of anilines is 2. The molecule has 3 aromatic rings. The van der Waals surface area contributed by atoms with Gasteiger partial charge in [0.2, 0.25) is 5.91 Å². The van der Waals surface area contributed by atoms with Crippen molar-refractivity contribution in [1.82, 2.24) is 4.98 Å². The topological polar surface area (TPSA) is 71.1 Å². The highest BCUT2D eigenvalue weighted by Crippen LogP contribution is 2.31. The molecule has 4 rings (SSSR count). The second kappa shape index (κ2) is 7.12. The minimum absolute atomic E-state index is 0.0493. The zero-order chi connectivity index (χ0) is 19.0. The van der Waals surface area contributed by atoms with Gasteiger partial charge in [0.05, 0.1) is 10.2 Å². The first-order valence-corrected chi connectivity index (χ1v) is 9.91. The van der Waals surface area contributed by atoms with E-state index in [0.717, 1.165) is 46.3 Å². The molecule has 0 saturated heterocycles. The van der Waals surface area contributed by atoms with Gasteiger partial charge in [-0.3, -0.25) is 9.59 Å². The van der Waals surface area contributed by atoms with Gasteiger partial charge < -0.3 is 10.6 Å². The van der Waals surface area contributed by atoms with Crippen LogP contribution in [0.4, 0.5) is 10.8 Å². The Morgan fingerprint density at radius 2 is 1.89 bits per heavy atom. The second-order valence-electron chi connectivity index (χ2n) is 7.09. The summed E-state index contributed by atoms with van der Waals surface area (Å²) < 4.78 is 0.882. The standard InChI is InChI=1S/C21H21N3O2S/c1-12-6-7-13(2)17(10-12)22-20(26)15-8-9-16-18(11-15)27-21(23-16)24-19(25)14-4-3-5-14/h6-11,14H,3-5H2,1-2H3,(H,22,26)(H,23,24,25). The number of fused-ring (bicyclic) bond motifs is 1. The average molecular weight is 379 g/mol. The molecule has 0 aliphatic heterocycles. The molecule has 2 N–H and O–H groups in total. The number of hydrogen-bond acceptors (Lipinski definition) is 4. The van der Waals surface area contributed by atoms with Crippen LogP contribution in [0.15, 0.2) is 36.4 Å². The van der Waals surface area contributed by atoms with E-state index in [9.17, 15) is 9.59 Å². The van der Waals surface area contributed by atoms with Crippen molar-refractivity contribution in [3.63, 3.8) is 0 Å². The number of carbonyl (C=O) groups excluding carboxylic acids is 2. The van der Waals surface area contributed by atoms with Gasteiger partial charge in [0.15, 0.2) is 5.13 Å². The SMILES string of the molecule is Cc1ccc(C)c(NC(=O)c2ccc3nc(NC(=O)C4CCC4)sc3c2)c1. The van der Waals surface area contributed by atoms with Crippen molar-refractivity contribution in [1.29, 1.82) is 0 Å². The number of carbonyl (C=O) groups is 2. The van der Waals surface area contributed by atoms with Crippen LogP contribution in [0, 0.1) is 19.8 Å². The van der Waals surface area contributed by atoms with E-state index in [0.29, 0.717) is 10.7 Å². The summed E-state index contributed by atoms with van der Waals surface area (Å²) in [6.07, 6.45) is 3.04. The molecule has 2 aromatic carbocycles. The van der Waals surface area contributed by atoms with Gasteiger partial charge in [0, 0.05) is 17.2 Å². The van der Waals surface area contributed by atoms with E-state index in [2.05, 4.69) is 15.6 Å². The van der Waals surface area contributed by atoms with Crippen LogP contribution >= 0.6 is 11.3 Å². The lowest BCUT2D eigenvalue weighted by Crippen LogP contribution is -2.27. The number of aryl methyl sites for hydroxylation is 2. The Morgan fingerprint density at radius 1 is 1.07 bits per heavy atom. The molecular formula is C21H21N3O2S. The monoisotopic (exact) mass is 379 g/mol. The van der Waals surface area contributed by atoms with Crippen LogP contribution in [-0.2, 0) is 4.79 Å². The Hall–Kier alpha value is -2.73. The third kappa shape index (κ3) is 3.71. The van der Waals surface area contributed by atoms with Gasteiger partial charge in [-0.15, -0.1) is 0 Å². The summed E-state index contributed by atoms with van der Waals surface area (Å²) in [4.78, 5) is 29.2. The minimum Gasteiger partial charge on any atom is -0.322 e. The second-order valence-corrected chi connectivity index (χ2v) is 8.12. The first kappa shape index (κ1) is 17.7. The molecule has 1 saturated carbocycles. The number of nitrogens with one attached hydrogen (secondary N) is 2. The van der Waals surface area contributed by atoms with E-state index >= 15 is 0 Å². The molecule has 27 heavy (non-hydrogen) atoms. The number of aromatic nitrogens is 1. The van der Waals surface area contributed by atoms with Gasteiger partial charge in [-0.2, -0.15) is 0 Å². The summed E-state index contributed by atoms with van der Waals surface area (Å²) in [5, 5.41) is 6.47. The van der Waals surface area contributed by atoms with Crippen molar-refractivity contribution in [2.24, 2.45) is 5.92 Å². The predicted octanol–water partition coefficient (Wildman–Crippen LogP) is 4.90. The van der Waals surface area contributed by atoms with E-state index in [1.807, 2.05) is 44.2 Å². The van der Waals surface area contributed by atoms with Crippen LogP contribution in [0.1, 0.15) is 40.7 Å². The summed E-state index contributed by atoms with van der Waals surface area (Å²) in [5.41, 5.74) is 4.29. The molecule has 0 spiro atoms. The molecule has 0 atom stereocenters. The van der Waals surface area contributed by atoms with Crippen LogP contribution in [0.5, 0.6) is 0 Å². The van der Waals surface area contributed by atoms with Crippen LogP contribution in [-0.4, -0.2) is 16.8 Å². The molecule has 1 heterocycles. The largest absolute Gasteiger partial charge is 0.322 e. The molecular weight excluding hydrogens is 358 g/mol. The summed E-state index contributed by atoms with van der Waals surface area (Å²) in [6, 6.07) is 11.4. The van der Waals surface area contributed by atoms with Gasteiger partial charge in [-0.1, -0.05) is 29.9 Å². The fourth-order valence-corrected chi connectivity index (χ4v) is 3.97. The Bertz CT molecular complexity index is 1040. The van der Waals surface area contributed by atoms with Gasteiger partial charge in [-0.05, 0) is 62.1 Å². The lowest BCUT2D eigenvalue weighted by molar-refractivity contribution is -0.122. The van der Waals surface area contributed by atoms with Crippen LogP contribution in [0.3, 0.4) is 0 Å². The summed E-state index contributed by atoms with van der Waals surface area (Å²) >= 11 is 1.40. The highest BCUT2D eigenvalue weighted by atomic mass is 32.1. The molecule has 0 unspecified atom stereocenters. The van der Waals surface area contributed by atoms with Crippen molar-refractivity contribution in [3.8, 4) is 0 Å². The van der Waals surface area contributed by atoms with E-state index in [-0.39, 0.29) is 17.7 Å². The van der Waals surface area contributed by atoms with Crippen molar-refractivity contribution in [2.45, 2.75) is 33.1 Å². The molecule has 1 aromatic heterocycles. The van der Waals surface area contributed by atoms with E-state index in [1.54, 1.807) is 6.07 Å². The van der Waals surface area contributed by atoms with Gasteiger partial charge in [-0.25, -0.2) is 4.98 Å². The van der Waals surface area contributed by atoms with E-state index in [4.69, 9.17) is 0 Å². The smallest absolute Gasteiger partial charge is 0.255 e. The van der Waals surface area contributed by atoms with E-state index in [1.165, 1.54) is 11.3 Å². The maximum Gasteiger partial charge on any atom is 0.255 e. The average Bonchev–Trinajstić information content (AvgIpc) is 2.97. The minimum atomic E-state index is -0.154.